The number of halogens is 1. The number of hydrogen-bond donors (Lipinski definition) is 0. The summed E-state index contributed by atoms with van der Waals surface area (Å²) in [5, 5.41) is 0. The lowest BCUT2D eigenvalue weighted by molar-refractivity contribution is 0.616. The zero-order chi connectivity index (χ0) is 10.7. The van der Waals surface area contributed by atoms with E-state index in [1.165, 1.54) is 12.3 Å². The highest BCUT2D eigenvalue weighted by Crippen LogP contribution is 2.04. The van der Waals surface area contributed by atoms with Gasteiger partial charge in [0.25, 0.3) is 0 Å². The summed E-state index contributed by atoms with van der Waals surface area (Å²) < 4.78 is 14.6. The van der Waals surface area contributed by atoms with Gasteiger partial charge in [0, 0.05) is 18.8 Å². The van der Waals surface area contributed by atoms with Gasteiger partial charge in [-0.1, -0.05) is 6.92 Å². The second-order valence-corrected chi connectivity index (χ2v) is 3.29. The Morgan fingerprint density at radius 2 is 2.20 bits per heavy atom. The predicted molar refractivity (Wildman–Crippen MR) is 54.9 cm³/mol. The lowest BCUT2D eigenvalue weighted by atomic mass is 10.3. The van der Waals surface area contributed by atoms with Gasteiger partial charge in [-0.2, -0.15) is 0 Å². The number of pyridine rings is 1. The van der Waals surface area contributed by atoms with E-state index in [1.807, 2.05) is 10.8 Å². The third-order valence-electron chi connectivity index (χ3n) is 2.24. The van der Waals surface area contributed by atoms with E-state index in [0.29, 0.717) is 6.54 Å². The molecule has 0 aliphatic rings. The summed E-state index contributed by atoms with van der Waals surface area (Å²) in [7, 11) is 0. The Morgan fingerprint density at radius 3 is 2.87 bits per heavy atom. The van der Waals surface area contributed by atoms with Gasteiger partial charge in [0.2, 0.25) is 0 Å². The molecule has 0 fully saturated rings. The number of hydrogen-bond acceptors (Lipinski definition) is 2. The minimum absolute atomic E-state index is 0.305. The van der Waals surface area contributed by atoms with Gasteiger partial charge in [0.15, 0.2) is 0 Å². The molecule has 0 amide bonds. The number of aryl methyl sites for hydroxylation is 1. The molecule has 0 bridgehead atoms. The van der Waals surface area contributed by atoms with Crippen LogP contribution in [0.5, 0.6) is 0 Å². The van der Waals surface area contributed by atoms with Gasteiger partial charge in [-0.3, -0.25) is 4.98 Å². The molecule has 0 spiro atoms. The highest BCUT2D eigenvalue weighted by atomic mass is 19.1. The molecule has 0 unspecified atom stereocenters. The lowest BCUT2D eigenvalue weighted by Crippen LogP contribution is -2.04. The van der Waals surface area contributed by atoms with Gasteiger partial charge >= 0.3 is 0 Å². The predicted octanol–water partition coefficient (Wildman–Crippen LogP) is 2.03. The molecule has 4 heteroatoms. The zero-order valence-corrected chi connectivity index (χ0v) is 8.52. The van der Waals surface area contributed by atoms with Crippen molar-refractivity contribution < 1.29 is 4.39 Å². The minimum Gasteiger partial charge on any atom is -0.329 e. The first-order valence-corrected chi connectivity index (χ1v) is 4.90. The van der Waals surface area contributed by atoms with Crippen LogP contribution in [0.1, 0.15) is 18.4 Å². The smallest absolute Gasteiger partial charge is 0.141 e. The molecule has 0 atom stereocenters. The van der Waals surface area contributed by atoms with E-state index in [9.17, 15) is 4.39 Å². The molecule has 3 nitrogen and oxygen atoms in total. The Balaban J connectivity index is 2.18. The van der Waals surface area contributed by atoms with Crippen LogP contribution in [0.25, 0.3) is 0 Å². The van der Waals surface area contributed by atoms with E-state index >= 15 is 0 Å². The van der Waals surface area contributed by atoms with E-state index < -0.39 is 0 Å². The van der Waals surface area contributed by atoms with Crippen LogP contribution in [-0.2, 0) is 13.0 Å². The molecule has 0 saturated carbocycles. The van der Waals surface area contributed by atoms with Gasteiger partial charge in [0.05, 0.1) is 18.4 Å². The van der Waals surface area contributed by atoms with Crippen molar-refractivity contribution in [3.05, 3.63) is 48.1 Å². The quantitative estimate of drug-likeness (QED) is 0.767. The van der Waals surface area contributed by atoms with Gasteiger partial charge < -0.3 is 4.57 Å². The number of aromatic nitrogens is 3. The van der Waals surface area contributed by atoms with Gasteiger partial charge in [-0.05, 0) is 12.1 Å². The fourth-order valence-electron chi connectivity index (χ4n) is 1.47. The summed E-state index contributed by atoms with van der Waals surface area (Å²) in [6, 6.07) is 3.11. The molecule has 0 N–H and O–H groups in total. The average Bonchev–Trinajstić information content (AvgIpc) is 2.69. The maximum atomic E-state index is 12.6. The summed E-state index contributed by atoms with van der Waals surface area (Å²) in [6.07, 6.45) is 5.79. The first-order chi connectivity index (χ1) is 7.29. The number of rotatable bonds is 3. The first-order valence-electron chi connectivity index (χ1n) is 4.90. The Kier molecular flexibility index (Phi) is 2.76. The lowest BCUT2D eigenvalue weighted by Gasteiger charge is -2.05. The Morgan fingerprint density at radius 1 is 1.33 bits per heavy atom. The topological polar surface area (TPSA) is 30.7 Å². The Labute approximate surface area is 87.6 Å². The van der Waals surface area contributed by atoms with Crippen LogP contribution < -0.4 is 0 Å². The summed E-state index contributed by atoms with van der Waals surface area (Å²) in [6.45, 7) is 2.69. The maximum Gasteiger partial charge on any atom is 0.141 e. The molecule has 2 heterocycles. The maximum absolute atomic E-state index is 12.6. The van der Waals surface area contributed by atoms with Crippen LogP contribution in [0, 0.1) is 5.82 Å². The van der Waals surface area contributed by atoms with E-state index in [2.05, 4.69) is 16.9 Å². The van der Waals surface area contributed by atoms with Crippen molar-refractivity contribution in [3.63, 3.8) is 0 Å². The average molecular weight is 205 g/mol. The molecule has 2 rings (SSSR count). The summed E-state index contributed by atoms with van der Waals surface area (Å²) in [5.74, 6) is 0.709. The normalized spacial score (nSPS) is 10.5. The van der Waals surface area contributed by atoms with Gasteiger partial charge in [0.1, 0.15) is 11.6 Å². The summed E-state index contributed by atoms with van der Waals surface area (Å²) in [4.78, 5) is 8.21. The van der Waals surface area contributed by atoms with Crippen molar-refractivity contribution in [1.82, 2.24) is 14.5 Å². The monoisotopic (exact) mass is 205 g/mol. The molecule has 0 aliphatic heterocycles. The number of nitrogens with zero attached hydrogens (tertiary/aromatic N) is 3. The summed E-state index contributed by atoms with van der Waals surface area (Å²) >= 11 is 0. The Bertz CT molecular complexity index is 433. The van der Waals surface area contributed by atoms with E-state index in [-0.39, 0.29) is 5.82 Å². The number of imidazole rings is 1. The second kappa shape index (κ2) is 4.21. The fraction of sp³-hybridized carbons (Fsp3) is 0.273. The molecule has 0 aliphatic carbocycles. The van der Waals surface area contributed by atoms with Crippen molar-refractivity contribution in [2.24, 2.45) is 0 Å². The van der Waals surface area contributed by atoms with Crippen LogP contribution >= 0.6 is 0 Å². The van der Waals surface area contributed by atoms with Gasteiger partial charge in [-0.15, -0.1) is 0 Å². The van der Waals surface area contributed by atoms with E-state index in [1.54, 1.807) is 12.3 Å². The van der Waals surface area contributed by atoms with Gasteiger partial charge in [-0.25, -0.2) is 9.37 Å². The molecule has 0 aromatic carbocycles. The SMILES string of the molecule is CCc1nccn1Cc1ccc(F)cn1. The van der Waals surface area contributed by atoms with E-state index in [4.69, 9.17) is 0 Å². The second-order valence-electron chi connectivity index (χ2n) is 3.29. The largest absolute Gasteiger partial charge is 0.329 e. The van der Waals surface area contributed by atoms with Crippen molar-refractivity contribution >= 4 is 0 Å². The molecule has 0 saturated heterocycles. The molecule has 15 heavy (non-hydrogen) atoms. The van der Waals surface area contributed by atoms with Crippen molar-refractivity contribution in [2.45, 2.75) is 19.9 Å². The highest BCUT2D eigenvalue weighted by molar-refractivity contribution is 5.07. The van der Waals surface area contributed by atoms with Crippen molar-refractivity contribution in [2.75, 3.05) is 0 Å². The van der Waals surface area contributed by atoms with Crippen LogP contribution in [0.15, 0.2) is 30.7 Å². The van der Waals surface area contributed by atoms with Crippen LogP contribution in [0.3, 0.4) is 0 Å². The van der Waals surface area contributed by atoms with Crippen LogP contribution in [-0.4, -0.2) is 14.5 Å². The van der Waals surface area contributed by atoms with Crippen molar-refractivity contribution in [1.29, 1.82) is 0 Å². The van der Waals surface area contributed by atoms with Crippen molar-refractivity contribution in [3.8, 4) is 0 Å². The molecule has 0 radical (unpaired) electrons. The molecule has 2 aromatic rings. The van der Waals surface area contributed by atoms with E-state index in [0.717, 1.165) is 17.9 Å². The molecular formula is C11H12FN3. The first kappa shape index (κ1) is 9.83. The minimum atomic E-state index is -0.305. The third kappa shape index (κ3) is 2.21. The zero-order valence-electron chi connectivity index (χ0n) is 8.52. The fourth-order valence-corrected chi connectivity index (χ4v) is 1.47. The van der Waals surface area contributed by atoms with Crippen LogP contribution in [0.4, 0.5) is 4.39 Å². The molecular weight excluding hydrogens is 193 g/mol. The highest BCUT2D eigenvalue weighted by Gasteiger charge is 2.01. The third-order valence-corrected chi connectivity index (χ3v) is 2.24. The Hall–Kier alpha value is -1.71. The molecule has 78 valence electrons. The molecule has 2 aromatic heterocycles. The summed E-state index contributed by atoms with van der Waals surface area (Å²) in [5.41, 5.74) is 0.837. The van der Waals surface area contributed by atoms with Crippen LogP contribution in [0.2, 0.25) is 0 Å². The standard InChI is InChI=1S/C11H12FN3/c1-2-11-13-5-6-15(11)8-10-4-3-9(12)7-14-10/h3-7H,2,8H2,1H3.